The van der Waals surface area contributed by atoms with Crippen molar-refractivity contribution in [2.45, 2.75) is 25.8 Å². The molecule has 1 saturated heterocycles. The summed E-state index contributed by atoms with van der Waals surface area (Å²) in [6.07, 6.45) is 1.83. The van der Waals surface area contributed by atoms with Gasteiger partial charge in [0.15, 0.2) is 0 Å². The van der Waals surface area contributed by atoms with Crippen LogP contribution >= 0.6 is 11.3 Å². The number of amides is 1. The van der Waals surface area contributed by atoms with Gasteiger partial charge in [0.25, 0.3) is 5.91 Å². The maximum atomic E-state index is 12.8. The van der Waals surface area contributed by atoms with Crippen molar-refractivity contribution in [3.05, 3.63) is 45.7 Å². The summed E-state index contributed by atoms with van der Waals surface area (Å²) in [6, 6.07) is 4.79. The van der Waals surface area contributed by atoms with Gasteiger partial charge in [0, 0.05) is 17.6 Å². The van der Waals surface area contributed by atoms with Crippen molar-refractivity contribution in [1.82, 2.24) is 14.9 Å². The first-order valence-electron chi connectivity index (χ1n) is 7.38. The van der Waals surface area contributed by atoms with Crippen LogP contribution < -0.4 is 0 Å². The number of rotatable bonds is 3. The lowest BCUT2D eigenvalue weighted by Gasteiger charge is -2.22. The van der Waals surface area contributed by atoms with Gasteiger partial charge in [-0.3, -0.25) is 4.79 Å². The summed E-state index contributed by atoms with van der Waals surface area (Å²) in [7, 11) is 1.29. The number of carbonyl (C=O) groups is 2. The Balaban J connectivity index is 1.86. The molecule has 7 heteroatoms. The highest BCUT2D eigenvalue weighted by Crippen LogP contribution is 2.34. The molecule has 1 atom stereocenters. The number of nitrogens with zero attached hydrogens (tertiary/aromatic N) is 3. The number of hydrogen-bond donors (Lipinski definition) is 0. The third kappa shape index (κ3) is 3.10. The maximum Gasteiger partial charge on any atom is 0.356 e. The van der Waals surface area contributed by atoms with Gasteiger partial charge in [-0.2, -0.15) is 0 Å². The molecule has 1 aliphatic heterocycles. The minimum atomic E-state index is -0.548. The van der Waals surface area contributed by atoms with Crippen molar-refractivity contribution in [1.29, 1.82) is 0 Å². The quantitative estimate of drug-likeness (QED) is 0.808. The molecule has 120 valence electrons. The second-order valence-corrected chi connectivity index (χ2v) is 6.27. The molecule has 0 unspecified atom stereocenters. The minimum Gasteiger partial charge on any atom is -0.464 e. The molecule has 1 fully saturated rings. The van der Waals surface area contributed by atoms with Gasteiger partial charge in [0.1, 0.15) is 16.4 Å². The third-order valence-electron chi connectivity index (χ3n) is 3.80. The zero-order valence-corrected chi connectivity index (χ0v) is 13.8. The van der Waals surface area contributed by atoms with Crippen LogP contribution in [0.1, 0.15) is 50.6 Å². The second-order valence-electron chi connectivity index (χ2n) is 5.38. The molecule has 0 radical (unpaired) electrons. The molecule has 0 spiro atoms. The summed E-state index contributed by atoms with van der Waals surface area (Å²) in [4.78, 5) is 34.8. The number of hydrogen-bond acceptors (Lipinski definition) is 6. The first-order valence-corrected chi connectivity index (χ1v) is 8.26. The lowest BCUT2D eigenvalue weighted by molar-refractivity contribution is 0.0593. The van der Waals surface area contributed by atoms with Crippen LogP contribution in [0, 0.1) is 6.92 Å². The molecule has 3 heterocycles. The molecule has 6 nitrogen and oxygen atoms in total. The average molecular weight is 331 g/mol. The predicted molar refractivity (Wildman–Crippen MR) is 85.4 cm³/mol. The van der Waals surface area contributed by atoms with E-state index in [9.17, 15) is 9.59 Å². The van der Waals surface area contributed by atoms with E-state index in [1.54, 1.807) is 28.4 Å². The second kappa shape index (κ2) is 6.45. The van der Waals surface area contributed by atoms with Crippen molar-refractivity contribution in [3.8, 4) is 0 Å². The summed E-state index contributed by atoms with van der Waals surface area (Å²) in [5, 5.41) is 2.95. The highest BCUT2D eigenvalue weighted by Gasteiger charge is 2.33. The van der Waals surface area contributed by atoms with E-state index in [0.29, 0.717) is 6.54 Å². The number of thiazole rings is 1. The lowest BCUT2D eigenvalue weighted by Crippen LogP contribution is -2.31. The minimum absolute atomic E-state index is 0.00946. The summed E-state index contributed by atoms with van der Waals surface area (Å²) in [6.45, 7) is 2.62. The number of likely N-dealkylation sites (tertiary alicyclic amines) is 1. The number of esters is 1. The monoisotopic (exact) mass is 331 g/mol. The van der Waals surface area contributed by atoms with Gasteiger partial charge in [-0.15, -0.1) is 11.3 Å². The van der Waals surface area contributed by atoms with Crippen LogP contribution in [-0.2, 0) is 4.74 Å². The van der Waals surface area contributed by atoms with Crippen molar-refractivity contribution >= 4 is 23.2 Å². The molecule has 0 saturated carbocycles. The van der Waals surface area contributed by atoms with E-state index in [4.69, 9.17) is 0 Å². The Hall–Kier alpha value is -2.28. The van der Waals surface area contributed by atoms with Crippen molar-refractivity contribution in [3.63, 3.8) is 0 Å². The largest absolute Gasteiger partial charge is 0.464 e. The standard InChI is InChI=1S/C16H17N3O3S/c1-10-9-23-14(17-10)13-7-4-8-19(13)15(20)11-5-3-6-12(18-11)16(21)22-2/h3,5-6,9,13H,4,7-8H2,1-2H3/t13-/m1/s1. The van der Waals surface area contributed by atoms with Crippen molar-refractivity contribution < 1.29 is 14.3 Å². The Morgan fingerprint density at radius 1 is 1.30 bits per heavy atom. The van der Waals surface area contributed by atoms with E-state index in [0.717, 1.165) is 23.5 Å². The van der Waals surface area contributed by atoms with Crippen LogP contribution in [0.5, 0.6) is 0 Å². The molecule has 0 N–H and O–H groups in total. The van der Waals surface area contributed by atoms with E-state index in [-0.39, 0.29) is 23.3 Å². The Labute approximate surface area is 138 Å². The van der Waals surface area contributed by atoms with Gasteiger partial charge in [0.2, 0.25) is 0 Å². The smallest absolute Gasteiger partial charge is 0.356 e. The number of carbonyl (C=O) groups excluding carboxylic acids is 2. The zero-order valence-electron chi connectivity index (χ0n) is 13.0. The predicted octanol–water partition coefficient (Wildman–Crippen LogP) is 2.61. The van der Waals surface area contributed by atoms with Gasteiger partial charge in [0.05, 0.1) is 13.2 Å². The molecular weight excluding hydrogens is 314 g/mol. The normalized spacial score (nSPS) is 17.3. The first-order chi connectivity index (χ1) is 11.1. The van der Waals surface area contributed by atoms with Crippen LogP contribution in [0.2, 0.25) is 0 Å². The van der Waals surface area contributed by atoms with E-state index in [1.165, 1.54) is 13.2 Å². The maximum absolute atomic E-state index is 12.8. The SMILES string of the molecule is COC(=O)c1cccc(C(=O)N2CCC[C@@H]2c2nc(C)cs2)n1. The van der Waals surface area contributed by atoms with Crippen LogP contribution in [0.25, 0.3) is 0 Å². The fourth-order valence-corrected chi connectivity index (χ4v) is 3.65. The molecule has 0 aliphatic carbocycles. The zero-order chi connectivity index (χ0) is 16.4. The number of ether oxygens (including phenoxy) is 1. The van der Waals surface area contributed by atoms with Gasteiger partial charge in [-0.1, -0.05) is 6.07 Å². The Morgan fingerprint density at radius 2 is 2.09 bits per heavy atom. The fraction of sp³-hybridized carbons (Fsp3) is 0.375. The molecule has 1 aliphatic rings. The fourth-order valence-electron chi connectivity index (χ4n) is 2.71. The summed E-state index contributed by atoms with van der Waals surface area (Å²) >= 11 is 1.58. The number of aromatic nitrogens is 2. The van der Waals surface area contributed by atoms with Gasteiger partial charge in [-0.05, 0) is 31.9 Å². The highest BCUT2D eigenvalue weighted by molar-refractivity contribution is 7.09. The molecule has 3 rings (SSSR count). The van der Waals surface area contributed by atoms with Crippen LogP contribution in [0.3, 0.4) is 0 Å². The average Bonchev–Trinajstić information content (AvgIpc) is 3.22. The summed E-state index contributed by atoms with van der Waals surface area (Å²) < 4.78 is 4.66. The molecule has 2 aromatic heterocycles. The molecule has 2 aromatic rings. The molecular formula is C16H17N3O3S. The molecule has 1 amide bonds. The lowest BCUT2D eigenvalue weighted by atomic mass is 10.2. The van der Waals surface area contributed by atoms with E-state index < -0.39 is 5.97 Å². The Kier molecular flexibility index (Phi) is 4.38. The number of aryl methyl sites for hydroxylation is 1. The first kappa shape index (κ1) is 15.6. The van der Waals surface area contributed by atoms with Gasteiger partial charge in [-0.25, -0.2) is 14.8 Å². The van der Waals surface area contributed by atoms with E-state index in [2.05, 4.69) is 14.7 Å². The number of pyridine rings is 1. The summed E-state index contributed by atoms with van der Waals surface area (Å²) in [5.74, 6) is -0.723. The highest BCUT2D eigenvalue weighted by atomic mass is 32.1. The topological polar surface area (TPSA) is 72.4 Å². The molecule has 0 bridgehead atoms. The number of methoxy groups -OCH3 is 1. The molecule has 23 heavy (non-hydrogen) atoms. The Morgan fingerprint density at radius 3 is 2.78 bits per heavy atom. The van der Waals surface area contributed by atoms with Gasteiger partial charge < -0.3 is 9.64 Å². The van der Waals surface area contributed by atoms with Crippen LogP contribution in [0.4, 0.5) is 0 Å². The third-order valence-corrected chi connectivity index (χ3v) is 4.86. The Bertz CT molecular complexity index is 744. The summed E-state index contributed by atoms with van der Waals surface area (Å²) in [5.41, 5.74) is 1.36. The van der Waals surface area contributed by atoms with Crippen LogP contribution in [-0.4, -0.2) is 40.4 Å². The van der Waals surface area contributed by atoms with E-state index in [1.807, 2.05) is 12.3 Å². The van der Waals surface area contributed by atoms with Crippen LogP contribution in [0.15, 0.2) is 23.6 Å². The van der Waals surface area contributed by atoms with Crippen molar-refractivity contribution in [2.24, 2.45) is 0 Å². The molecule has 0 aromatic carbocycles. The van der Waals surface area contributed by atoms with Gasteiger partial charge >= 0.3 is 5.97 Å². The van der Waals surface area contributed by atoms with Crippen molar-refractivity contribution in [2.75, 3.05) is 13.7 Å². The van der Waals surface area contributed by atoms with E-state index >= 15 is 0 Å².